The van der Waals surface area contributed by atoms with Crippen LogP contribution in [0.3, 0.4) is 0 Å². The Bertz CT molecular complexity index is 766. The number of halogens is 3. The zero-order valence-electron chi connectivity index (χ0n) is 9.90. The molecule has 0 radical (unpaired) electrons. The van der Waals surface area contributed by atoms with Crippen LogP contribution in [-0.4, -0.2) is 8.42 Å². The highest BCUT2D eigenvalue weighted by atomic mass is 79.9. The van der Waals surface area contributed by atoms with E-state index >= 15 is 0 Å². The number of sulfonamides is 1. The van der Waals surface area contributed by atoms with E-state index in [4.69, 9.17) is 5.73 Å². The smallest absolute Gasteiger partial charge is 0.264 e. The van der Waals surface area contributed by atoms with Crippen molar-refractivity contribution < 1.29 is 12.8 Å². The van der Waals surface area contributed by atoms with Crippen molar-refractivity contribution in [3.63, 3.8) is 0 Å². The van der Waals surface area contributed by atoms with E-state index in [0.29, 0.717) is 14.6 Å². The van der Waals surface area contributed by atoms with Gasteiger partial charge in [-0.05, 0) is 52.3 Å². The van der Waals surface area contributed by atoms with E-state index < -0.39 is 15.8 Å². The maximum atomic E-state index is 13.2. The van der Waals surface area contributed by atoms with Crippen molar-refractivity contribution in [2.24, 2.45) is 0 Å². The maximum absolute atomic E-state index is 13.2. The average Bonchev–Trinajstić information content (AvgIpc) is 2.36. The van der Waals surface area contributed by atoms with Crippen molar-refractivity contribution in [1.82, 2.24) is 0 Å². The summed E-state index contributed by atoms with van der Waals surface area (Å²) in [6.45, 7) is 0. The summed E-state index contributed by atoms with van der Waals surface area (Å²) in [7, 11) is -3.97. The minimum Gasteiger partial charge on any atom is -0.398 e. The number of nitrogens with one attached hydrogen (secondary N) is 1. The van der Waals surface area contributed by atoms with Crippen LogP contribution in [0.15, 0.2) is 50.2 Å². The van der Waals surface area contributed by atoms with E-state index in [1.165, 1.54) is 6.07 Å². The number of anilines is 2. The first-order valence-electron chi connectivity index (χ1n) is 5.32. The van der Waals surface area contributed by atoms with Crippen molar-refractivity contribution in [2.75, 3.05) is 10.5 Å². The lowest BCUT2D eigenvalue weighted by molar-refractivity contribution is 0.596. The lowest BCUT2D eigenvalue weighted by Gasteiger charge is -2.12. The van der Waals surface area contributed by atoms with E-state index in [2.05, 4.69) is 36.6 Å². The van der Waals surface area contributed by atoms with Gasteiger partial charge in [0.15, 0.2) is 0 Å². The van der Waals surface area contributed by atoms with Crippen LogP contribution in [0.1, 0.15) is 0 Å². The van der Waals surface area contributed by atoms with Crippen LogP contribution in [0.25, 0.3) is 0 Å². The Morgan fingerprint density at radius 3 is 2.50 bits per heavy atom. The van der Waals surface area contributed by atoms with Crippen molar-refractivity contribution in [3.8, 4) is 0 Å². The summed E-state index contributed by atoms with van der Waals surface area (Å²) < 4.78 is 41.3. The molecule has 2 rings (SSSR count). The van der Waals surface area contributed by atoms with Crippen molar-refractivity contribution in [2.45, 2.75) is 4.90 Å². The summed E-state index contributed by atoms with van der Waals surface area (Å²) in [5.74, 6) is -0.673. The van der Waals surface area contributed by atoms with Gasteiger partial charge in [-0.15, -0.1) is 0 Å². The monoisotopic (exact) mass is 422 g/mol. The van der Waals surface area contributed by atoms with Crippen LogP contribution in [0.5, 0.6) is 0 Å². The van der Waals surface area contributed by atoms with Crippen LogP contribution in [0.2, 0.25) is 0 Å². The summed E-state index contributed by atoms with van der Waals surface area (Å²) in [4.78, 5) is -0.302. The standard InChI is InChI=1S/C12H9Br2FN2O2S/c13-7-1-3-9(14)11(5-7)17-20(18,19)12-6-8(15)2-4-10(12)16/h1-6,17H,16H2. The quantitative estimate of drug-likeness (QED) is 0.738. The Kier molecular flexibility index (Phi) is 4.36. The molecule has 0 amide bonds. The van der Waals surface area contributed by atoms with Gasteiger partial charge in [-0.25, -0.2) is 12.8 Å². The molecule has 3 N–H and O–H groups in total. The fraction of sp³-hybridized carbons (Fsp3) is 0. The minimum atomic E-state index is -3.97. The van der Waals surface area contributed by atoms with Crippen LogP contribution in [0.4, 0.5) is 15.8 Å². The predicted octanol–water partition coefficient (Wildman–Crippen LogP) is 3.73. The Morgan fingerprint density at radius 2 is 1.80 bits per heavy atom. The topological polar surface area (TPSA) is 72.2 Å². The molecule has 0 spiro atoms. The summed E-state index contributed by atoms with van der Waals surface area (Å²) >= 11 is 6.48. The number of hydrogen-bond acceptors (Lipinski definition) is 3. The molecule has 0 heterocycles. The van der Waals surface area contributed by atoms with Gasteiger partial charge in [-0.2, -0.15) is 0 Å². The van der Waals surface area contributed by atoms with Crippen LogP contribution < -0.4 is 10.5 Å². The molecular weight excluding hydrogens is 415 g/mol. The second kappa shape index (κ2) is 5.71. The highest BCUT2D eigenvalue weighted by molar-refractivity contribution is 9.11. The summed E-state index contributed by atoms with van der Waals surface area (Å²) in [5, 5.41) is 0. The Labute approximate surface area is 132 Å². The largest absolute Gasteiger partial charge is 0.398 e. The highest BCUT2D eigenvalue weighted by Gasteiger charge is 2.19. The first kappa shape index (κ1) is 15.3. The normalized spacial score (nSPS) is 11.3. The molecule has 8 heteroatoms. The molecule has 2 aromatic rings. The van der Waals surface area contributed by atoms with Gasteiger partial charge >= 0.3 is 0 Å². The Morgan fingerprint density at radius 1 is 1.10 bits per heavy atom. The summed E-state index contributed by atoms with van der Waals surface area (Å²) in [6.07, 6.45) is 0. The van der Waals surface area contributed by atoms with Gasteiger partial charge in [0.05, 0.1) is 11.4 Å². The van der Waals surface area contributed by atoms with Gasteiger partial charge in [0, 0.05) is 8.95 Å². The molecule has 0 unspecified atom stereocenters. The van der Waals surface area contributed by atoms with Gasteiger partial charge < -0.3 is 5.73 Å². The van der Waals surface area contributed by atoms with Crippen molar-refractivity contribution in [1.29, 1.82) is 0 Å². The first-order valence-corrected chi connectivity index (χ1v) is 8.39. The number of benzene rings is 2. The third-order valence-corrected chi connectivity index (χ3v) is 5.04. The average molecular weight is 424 g/mol. The molecule has 2 aromatic carbocycles. The van der Waals surface area contributed by atoms with Gasteiger partial charge in [0.1, 0.15) is 10.7 Å². The first-order chi connectivity index (χ1) is 9.29. The molecule has 4 nitrogen and oxygen atoms in total. The van der Waals surface area contributed by atoms with Crippen molar-refractivity contribution in [3.05, 3.63) is 51.2 Å². The second-order valence-corrected chi connectivity index (χ2v) is 7.33. The van der Waals surface area contributed by atoms with E-state index in [0.717, 1.165) is 12.1 Å². The molecule has 106 valence electrons. The van der Waals surface area contributed by atoms with Crippen LogP contribution in [-0.2, 0) is 10.0 Å². The van der Waals surface area contributed by atoms with Gasteiger partial charge in [-0.1, -0.05) is 15.9 Å². The number of rotatable bonds is 3. The molecular formula is C12H9Br2FN2O2S. The van der Waals surface area contributed by atoms with E-state index in [9.17, 15) is 12.8 Å². The number of hydrogen-bond donors (Lipinski definition) is 2. The molecule has 0 saturated carbocycles. The number of nitrogens with two attached hydrogens (primary N) is 1. The highest BCUT2D eigenvalue weighted by Crippen LogP contribution is 2.29. The molecule has 0 aliphatic heterocycles. The molecule has 0 aromatic heterocycles. The summed E-state index contributed by atoms with van der Waals surface area (Å²) in [6, 6.07) is 8.19. The zero-order valence-corrected chi connectivity index (χ0v) is 13.9. The van der Waals surface area contributed by atoms with Gasteiger partial charge in [0.2, 0.25) is 0 Å². The molecule has 20 heavy (non-hydrogen) atoms. The van der Waals surface area contributed by atoms with Crippen LogP contribution in [0, 0.1) is 5.82 Å². The zero-order chi connectivity index (χ0) is 14.9. The maximum Gasteiger partial charge on any atom is 0.264 e. The fourth-order valence-electron chi connectivity index (χ4n) is 1.52. The van der Waals surface area contributed by atoms with Gasteiger partial charge in [-0.3, -0.25) is 4.72 Å². The second-order valence-electron chi connectivity index (χ2n) is 3.91. The van der Waals surface area contributed by atoms with E-state index in [1.54, 1.807) is 18.2 Å². The fourth-order valence-corrected chi connectivity index (χ4v) is 3.57. The SMILES string of the molecule is Nc1ccc(F)cc1S(=O)(=O)Nc1cc(Br)ccc1Br. The van der Waals surface area contributed by atoms with E-state index in [-0.39, 0.29) is 10.6 Å². The third-order valence-electron chi connectivity index (χ3n) is 2.44. The molecule has 0 saturated heterocycles. The molecule has 0 aliphatic carbocycles. The molecule has 0 atom stereocenters. The number of nitrogen functional groups attached to an aromatic ring is 1. The minimum absolute atomic E-state index is 0.0231. The third kappa shape index (κ3) is 3.31. The lowest BCUT2D eigenvalue weighted by Crippen LogP contribution is -2.15. The molecule has 0 aliphatic rings. The molecule has 0 fully saturated rings. The Balaban J connectivity index is 2.46. The lowest BCUT2D eigenvalue weighted by atomic mass is 10.3. The van der Waals surface area contributed by atoms with Crippen LogP contribution >= 0.6 is 31.9 Å². The Hall–Kier alpha value is -1.12. The van der Waals surface area contributed by atoms with Gasteiger partial charge in [0.25, 0.3) is 10.0 Å². The molecule has 0 bridgehead atoms. The van der Waals surface area contributed by atoms with Crippen molar-refractivity contribution >= 4 is 53.3 Å². The predicted molar refractivity (Wildman–Crippen MR) is 83.5 cm³/mol. The summed E-state index contributed by atoms with van der Waals surface area (Å²) in [5.41, 5.74) is 5.89. The van der Waals surface area contributed by atoms with E-state index in [1.807, 2.05) is 0 Å².